The number of H-pyrrole nitrogens is 1. The van der Waals surface area contributed by atoms with Crippen molar-refractivity contribution in [3.63, 3.8) is 0 Å². The van der Waals surface area contributed by atoms with Crippen LogP contribution in [-0.2, 0) is 4.74 Å². The highest BCUT2D eigenvalue weighted by atomic mass is 79.9. The summed E-state index contributed by atoms with van der Waals surface area (Å²) in [6.45, 7) is 1.73. The molecule has 2 aromatic rings. The fraction of sp³-hybridized carbons (Fsp3) is 0.462. The summed E-state index contributed by atoms with van der Waals surface area (Å²) < 4.78 is 6.41. The number of nitrogens with two attached hydrogens (primary N) is 1. The number of methoxy groups -OCH3 is 1. The lowest BCUT2D eigenvalue weighted by atomic mass is 10.0. The lowest BCUT2D eigenvalue weighted by molar-refractivity contribution is 0.0665. The highest BCUT2D eigenvalue weighted by molar-refractivity contribution is 9.10. The average Bonchev–Trinajstić information content (AvgIpc) is 2.86. The van der Waals surface area contributed by atoms with Gasteiger partial charge >= 0.3 is 0 Å². The van der Waals surface area contributed by atoms with Gasteiger partial charge in [-0.05, 0) is 28.4 Å². The molecular weight excluding hydrogens is 308 g/mol. The van der Waals surface area contributed by atoms with Crippen LogP contribution < -0.4 is 10.6 Å². The Balaban J connectivity index is 1.96. The van der Waals surface area contributed by atoms with Crippen molar-refractivity contribution in [1.82, 2.24) is 9.97 Å². The minimum atomic E-state index is 0.0350. The van der Waals surface area contributed by atoms with Crippen LogP contribution in [0.25, 0.3) is 11.0 Å². The van der Waals surface area contributed by atoms with Crippen LogP contribution in [0.1, 0.15) is 6.42 Å². The third-order valence-corrected chi connectivity index (χ3v) is 4.31. The number of aromatic nitrogens is 2. The molecule has 1 saturated heterocycles. The topological polar surface area (TPSA) is 67.2 Å². The van der Waals surface area contributed by atoms with Crippen LogP contribution in [0.15, 0.2) is 22.9 Å². The van der Waals surface area contributed by atoms with Crippen LogP contribution >= 0.6 is 15.9 Å². The monoisotopic (exact) mass is 324 g/mol. The second-order valence-electron chi connectivity index (χ2n) is 4.87. The number of hydrogen-bond acceptors (Lipinski definition) is 4. The summed E-state index contributed by atoms with van der Waals surface area (Å²) in [5, 5.41) is 1.12. The third kappa shape index (κ3) is 2.24. The number of piperidine rings is 1. The summed E-state index contributed by atoms with van der Waals surface area (Å²) in [6, 6.07) is 2.09. The number of nitrogens with one attached hydrogen (secondary N) is 1. The number of fused-ring (bicyclic) bond motifs is 1. The van der Waals surface area contributed by atoms with Crippen molar-refractivity contribution in [3.8, 4) is 0 Å². The number of anilines is 1. The van der Waals surface area contributed by atoms with Crippen molar-refractivity contribution in [1.29, 1.82) is 0 Å². The maximum atomic E-state index is 6.18. The standard InChI is InChI=1S/C13H17BrN4O/c1-19-11-3-5-18(7-10(11)15)12-8-2-4-16-13(8)17-6-9(12)14/h2,4,6,10-11H,3,5,7,15H2,1H3,(H,16,17)/t10-,11-/m1/s1. The highest BCUT2D eigenvalue weighted by Crippen LogP contribution is 2.34. The lowest BCUT2D eigenvalue weighted by Crippen LogP contribution is -2.52. The highest BCUT2D eigenvalue weighted by Gasteiger charge is 2.28. The molecule has 0 bridgehead atoms. The van der Waals surface area contributed by atoms with Gasteiger partial charge in [0.15, 0.2) is 0 Å². The number of halogens is 1. The summed E-state index contributed by atoms with van der Waals surface area (Å²) in [4.78, 5) is 9.81. The van der Waals surface area contributed by atoms with Gasteiger partial charge in [-0.3, -0.25) is 0 Å². The summed E-state index contributed by atoms with van der Waals surface area (Å²) >= 11 is 3.60. The summed E-state index contributed by atoms with van der Waals surface area (Å²) in [6.07, 6.45) is 4.84. The zero-order valence-electron chi connectivity index (χ0n) is 10.8. The molecule has 0 aliphatic carbocycles. The molecule has 19 heavy (non-hydrogen) atoms. The molecule has 1 aliphatic rings. The van der Waals surface area contributed by atoms with E-state index in [0.29, 0.717) is 0 Å². The van der Waals surface area contributed by atoms with Gasteiger partial charge in [-0.1, -0.05) is 0 Å². The largest absolute Gasteiger partial charge is 0.380 e. The number of hydrogen-bond donors (Lipinski definition) is 2. The third-order valence-electron chi connectivity index (χ3n) is 3.72. The molecule has 0 unspecified atom stereocenters. The van der Waals surface area contributed by atoms with Crippen LogP contribution in [0.4, 0.5) is 5.69 Å². The van der Waals surface area contributed by atoms with Crippen LogP contribution in [0.5, 0.6) is 0 Å². The zero-order valence-corrected chi connectivity index (χ0v) is 12.4. The number of ether oxygens (including phenoxy) is 1. The summed E-state index contributed by atoms with van der Waals surface area (Å²) in [5.74, 6) is 0. The Labute approximate surface area is 120 Å². The van der Waals surface area contributed by atoms with E-state index in [1.165, 1.54) is 0 Å². The molecule has 0 spiro atoms. The van der Waals surface area contributed by atoms with E-state index < -0.39 is 0 Å². The van der Waals surface area contributed by atoms with Crippen molar-refractivity contribution >= 4 is 32.7 Å². The van der Waals surface area contributed by atoms with Crippen molar-refractivity contribution in [3.05, 3.63) is 22.9 Å². The van der Waals surface area contributed by atoms with Crippen molar-refractivity contribution in [2.24, 2.45) is 5.73 Å². The van der Waals surface area contributed by atoms with Gasteiger partial charge in [0.1, 0.15) is 5.65 Å². The molecule has 5 nitrogen and oxygen atoms in total. The molecule has 0 radical (unpaired) electrons. The molecule has 1 aliphatic heterocycles. The molecule has 2 atom stereocenters. The molecule has 6 heteroatoms. The van der Waals surface area contributed by atoms with Gasteiger partial charge in [0.25, 0.3) is 0 Å². The first kappa shape index (κ1) is 12.9. The van der Waals surface area contributed by atoms with E-state index >= 15 is 0 Å². The van der Waals surface area contributed by atoms with Crippen LogP contribution in [0.2, 0.25) is 0 Å². The average molecular weight is 325 g/mol. The van der Waals surface area contributed by atoms with E-state index in [2.05, 4.69) is 36.9 Å². The van der Waals surface area contributed by atoms with Crippen LogP contribution in [0, 0.1) is 0 Å². The molecule has 2 aromatic heterocycles. The number of nitrogens with zero attached hydrogens (tertiary/aromatic N) is 2. The smallest absolute Gasteiger partial charge is 0.139 e. The molecule has 102 valence electrons. The number of rotatable bonds is 2. The Morgan fingerprint density at radius 1 is 1.58 bits per heavy atom. The van der Waals surface area contributed by atoms with Gasteiger partial charge in [0.2, 0.25) is 0 Å². The predicted octanol–water partition coefficient (Wildman–Crippen LogP) is 1.88. The van der Waals surface area contributed by atoms with Gasteiger partial charge in [-0.25, -0.2) is 4.98 Å². The summed E-state index contributed by atoms with van der Waals surface area (Å²) in [7, 11) is 1.73. The first-order valence-corrected chi connectivity index (χ1v) is 7.15. The van der Waals surface area contributed by atoms with Crippen LogP contribution in [-0.4, -0.2) is 42.3 Å². The Morgan fingerprint density at radius 3 is 3.16 bits per heavy atom. The summed E-state index contributed by atoms with van der Waals surface area (Å²) in [5.41, 5.74) is 8.25. The zero-order chi connectivity index (χ0) is 13.4. The maximum absolute atomic E-state index is 6.18. The molecule has 3 rings (SSSR count). The first-order chi connectivity index (χ1) is 9.20. The minimum absolute atomic E-state index is 0.0350. The molecule has 0 saturated carbocycles. The Bertz CT molecular complexity index is 585. The van der Waals surface area contributed by atoms with Crippen molar-refractivity contribution < 1.29 is 4.74 Å². The van der Waals surface area contributed by atoms with E-state index in [0.717, 1.165) is 40.7 Å². The van der Waals surface area contributed by atoms with Crippen molar-refractivity contribution in [2.75, 3.05) is 25.1 Å². The molecule has 3 heterocycles. The van der Waals surface area contributed by atoms with Gasteiger partial charge < -0.3 is 20.4 Å². The van der Waals surface area contributed by atoms with Crippen molar-refractivity contribution in [2.45, 2.75) is 18.6 Å². The van der Waals surface area contributed by atoms with E-state index in [1.54, 1.807) is 7.11 Å². The quantitative estimate of drug-likeness (QED) is 0.885. The van der Waals surface area contributed by atoms with E-state index in [-0.39, 0.29) is 12.1 Å². The Morgan fingerprint density at radius 2 is 2.42 bits per heavy atom. The SMILES string of the molecule is CO[C@@H]1CCN(c2c(Br)cnc3[nH]ccc23)C[C@H]1N. The normalized spacial score (nSPS) is 24.1. The molecule has 0 aromatic carbocycles. The van der Waals surface area contributed by atoms with Gasteiger partial charge in [0.05, 0.1) is 16.3 Å². The minimum Gasteiger partial charge on any atom is -0.380 e. The van der Waals surface area contributed by atoms with Gasteiger partial charge in [-0.2, -0.15) is 0 Å². The predicted molar refractivity (Wildman–Crippen MR) is 79.4 cm³/mol. The number of pyridine rings is 1. The molecule has 3 N–H and O–H groups in total. The van der Waals surface area contributed by atoms with Crippen LogP contribution in [0.3, 0.4) is 0 Å². The molecular formula is C13H17BrN4O. The Hall–Kier alpha value is -1.11. The first-order valence-electron chi connectivity index (χ1n) is 6.35. The van der Waals surface area contributed by atoms with E-state index in [4.69, 9.17) is 10.5 Å². The van der Waals surface area contributed by atoms with Gasteiger partial charge in [-0.15, -0.1) is 0 Å². The maximum Gasteiger partial charge on any atom is 0.139 e. The Kier molecular flexibility index (Phi) is 3.47. The second-order valence-corrected chi connectivity index (χ2v) is 5.72. The van der Waals surface area contributed by atoms with E-state index in [9.17, 15) is 0 Å². The van der Waals surface area contributed by atoms with E-state index in [1.807, 2.05) is 12.4 Å². The second kappa shape index (κ2) is 5.11. The fourth-order valence-electron chi connectivity index (χ4n) is 2.75. The van der Waals surface area contributed by atoms with Gasteiger partial charge in [0, 0.05) is 44.0 Å². The lowest BCUT2D eigenvalue weighted by Gasteiger charge is -2.37. The fourth-order valence-corrected chi connectivity index (χ4v) is 3.31. The number of aromatic amines is 1. The molecule has 1 fully saturated rings. The molecule has 0 amide bonds.